The van der Waals surface area contributed by atoms with Crippen molar-refractivity contribution in [3.8, 4) is 10.6 Å². The summed E-state index contributed by atoms with van der Waals surface area (Å²) in [6.45, 7) is 9.36. The predicted octanol–water partition coefficient (Wildman–Crippen LogP) is 4.79. The Kier molecular flexibility index (Phi) is 5.12. The summed E-state index contributed by atoms with van der Waals surface area (Å²) >= 11 is 1.59. The normalized spacial score (nSPS) is 11.9. The van der Waals surface area contributed by atoms with Crippen LogP contribution in [0.5, 0.6) is 0 Å². The number of hydrogen-bond acceptors (Lipinski definition) is 3. The number of nitrogens with zero attached hydrogens (tertiary/aromatic N) is 1. The summed E-state index contributed by atoms with van der Waals surface area (Å²) in [5.74, 6) is -0.204. The van der Waals surface area contributed by atoms with Crippen LogP contribution >= 0.6 is 11.3 Å². The molecule has 0 atom stereocenters. The number of hydrogen-bond donors (Lipinski definition) is 1. The number of nitrogens with one attached hydrogen (secondary N) is 1. The van der Waals surface area contributed by atoms with Crippen LogP contribution in [0.2, 0.25) is 0 Å². The minimum absolute atomic E-state index is 0.0611. The van der Waals surface area contributed by atoms with Crippen LogP contribution in [0.4, 0.5) is 4.39 Å². The van der Waals surface area contributed by atoms with E-state index in [2.05, 4.69) is 38.0 Å². The van der Waals surface area contributed by atoms with Gasteiger partial charge < -0.3 is 5.32 Å². The molecule has 0 unspecified atom stereocenters. The van der Waals surface area contributed by atoms with Gasteiger partial charge in [0.05, 0.1) is 5.69 Å². The van der Waals surface area contributed by atoms with Crippen molar-refractivity contribution in [2.75, 3.05) is 0 Å². The summed E-state index contributed by atoms with van der Waals surface area (Å²) in [6.07, 6.45) is 1.98. The minimum Gasteiger partial charge on any atom is -0.307 e. The summed E-state index contributed by atoms with van der Waals surface area (Å²) in [5, 5.41) is 4.27. The molecule has 1 aromatic heterocycles. The van der Waals surface area contributed by atoms with Crippen LogP contribution in [-0.4, -0.2) is 10.5 Å². The third kappa shape index (κ3) is 4.35. The van der Waals surface area contributed by atoms with Crippen molar-refractivity contribution in [3.05, 3.63) is 40.7 Å². The van der Waals surface area contributed by atoms with Crippen LogP contribution in [0.3, 0.4) is 0 Å². The van der Waals surface area contributed by atoms with Crippen molar-refractivity contribution in [1.29, 1.82) is 0 Å². The molecular formula is C17H23FN2S. The molecule has 1 N–H and O–H groups in total. The topological polar surface area (TPSA) is 24.9 Å². The van der Waals surface area contributed by atoms with E-state index in [1.165, 1.54) is 10.9 Å². The number of thiazole rings is 1. The second-order valence-electron chi connectivity index (χ2n) is 6.22. The largest absolute Gasteiger partial charge is 0.307 e. The van der Waals surface area contributed by atoms with Crippen LogP contribution in [0.25, 0.3) is 10.6 Å². The van der Waals surface area contributed by atoms with E-state index >= 15 is 0 Å². The first kappa shape index (κ1) is 16.1. The third-order valence-corrected chi connectivity index (χ3v) is 4.28. The highest BCUT2D eigenvalue weighted by molar-refractivity contribution is 7.15. The highest BCUT2D eigenvalue weighted by Gasteiger charge is 2.16. The highest BCUT2D eigenvalue weighted by Crippen LogP contribution is 2.30. The number of aromatic nitrogens is 1. The van der Waals surface area contributed by atoms with Gasteiger partial charge in [0.25, 0.3) is 0 Å². The van der Waals surface area contributed by atoms with Gasteiger partial charge in [0.1, 0.15) is 10.8 Å². The Labute approximate surface area is 130 Å². The molecule has 1 aromatic carbocycles. The van der Waals surface area contributed by atoms with Crippen LogP contribution in [0.15, 0.2) is 24.3 Å². The van der Waals surface area contributed by atoms with E-state index in [4.69, 9.17) is 0 Å². The second-order valence-corrected chi connectivity index (χ2v) is 7.31. The molecule has 0 aliphatic heterocycles. The van der Waals surface area contributed by atoms with Gasteiger partial charge in [-0.15, -0.1) is 11.3 Å². The van der Waals surface area contributed by atoms with Gasteiger partial charge in [-0.05, 0) is 39.3 Å². The lowest BCUT2D eigenvalue weighted by Crippen LogP contribution is -2.35. The molecule has 0 amide bonds. The molecule has 2 rings (SSSR count). The van der Waals surface area contributed by atoms with Crippen LogP contribution in [0, 0.1) is 5.82 Å². The average molecular weight is 306 g/mol. The van der Waals surface area contributed by atoms with Gasteiger partial charge in [-0.25, -0.2) is 9.37 Å². The SMILES string of the molecule is CCCc1nc(-c2ccccc2F)sc1CNC(C)(C)C. The zero-order valence-corrected chi connectivity index (χ0v) is 14.0. The van der Waals surface area contributed by atoms with Gasteiger partial charge in [-0.1, -0.05) is 25.5 Å². The lowest BCUT2D eigenvalue weighted by atomic mass is 10.1. The summed E-state index contributed by atoms with van der Waals surface area (Å²) < 4.78 is 13.9. The monoisotopic (exact) mass is 306 g/mol. The van der Waals surface area contributed by atoms with E-state index in [0.717, 1.165) is 30.1 Å². The molecule has 21 heavy (non-hydrogen) atoms. The van der Waals surface area contributed by atoms with Crippen molar-refractivity contribution < 1.29 is 4.39 Å². The van der Waals surface area contributed by atoms with E-state index in [9.17, 15) is 4.39 Å². The summed E-state index contributed by atoms with van der Waals surface area (Å²) in [4.78, 5) is 5.88. The van der Waals surface area contributed by atoms with Gasteiger partial charge in [-0.3, -0.25) is 0 Å². The van der Waals surface area contributed by atoms with Gasteiger partial charge in [0.2, 0.25) is 0 Å². The molecule has 4 heteroatoms. The van der Waals surface area contributed by atoms with Gasteiger partial charge in [-0.2, -0.15) is 0 Å². The van der Waals surface area contributed by atoms with Crippen molar-refractivity contribution in [3.63, 3.8) is 0 Å². The molecule has 0 radical (unpaired) electrons. The maximum atomic E-state index is 13.9. The molecule has 2 nitrogen and oxygen atoms in total. The van der Waals surface area contributed by atoms with E-state index in [1.807, 2.05) is 6.07 Å². The first-order chi connectivity index (χ1) is 9.90. The summed E-state index contributed by atoms with van der Waals surface area (Å²) in [7, 11) is 0. The fourth-order valence-corrected chi connectivity index (χ4v) is 3.12. The Balaban J connectivity index is 2.30. The van der Waals surface area contributed by atoms with Crippen LogP contribution < -0.4 is 5.32 Å². The standard InChI is InChI=1S/C17H23FN2S/c1-5-8-14-15(11-19-17(2,3)4)21-16(20-14)12-9-6-7-10-13(12)18/h6-7,9-10,19H,5,8,11H2,1-4H3. The number of halogens is 1. The van der Waals surface area contributed by atoms with E-state index in [-0.39, 0.29) is 11.4 Å². The fraction of sp³-hybridized carbons (Fsp3) is 0.471. The van der Waals surface area contributed by atoms with Gasteiger partial charge >= 0.3 is 0 Å². The maximum Gasteiger partial charge on any atom is 0.133 e. The molecular weight excluding hydrogens is 283 g/mol. The lowest BCUT2D eigenvalue weighted by molar-refractivity contribution is 0.425. The van der Waals surface area contributed by atoms with E-state index in [1.54, 1.807) is 23.5 Å². The van der Waals surface area contributed by atoms with Crippen LogP contribution in [0.1, 0.15) is 44.7 Å². The zero-order valence-electron chi connectivity index (χ0n) is 13.2. The summed E-state index contributed by atoms with van der Waals surface area (Å²) in [5.41, 5.74) is 1.76. The van der Waals surface area contributed by atoms with Crippen molar-refractivity contribution >= 4 is 11.3 Å². The quantitative estimate of drug-likeness (QED) is 0.859. The first-order valence-electron chi connectivity index (χ1n) is 7.39. The Morgan fingerprint density at radius 2 is 1.95 bits per heavy atom. The second kappa shape index (κ2) is 6.67. The average Bonchev–Trinajstić information content (AvgIpc) is 2.80. The smallest absolute Gasteiger partial charge is 0.133 e. The number of aryl methyl sites for hydroxylation is 1. The predicted molar refractivity (Wildman–Crippen MR) is 88.1 cm³/mol. The molecule has 0 spiro atoms. The van der Waals surface area contributed by atoms with Crippen molar-refractivity contribution in [2.45, 2.75) is 52.6 Å². The minimum atomic E-state index is -0.204. The molecule has 0 aliphatic carbocycles. The highest BCUT2D eigenvalue weighted by atomic mass is 32.1. The van der Waals surface area contributed by atoms with Crippen LogP contribution in [-0.2, 0) is 13.0 Å². The molecule has 0 saturated carbocycles. The molecule has 1 heterocycles. The van der Waals surface area contributed by atoms with Crippen molar-refractivity contribution in [1.82, 2.24) is 10.3 Å². The molecule has 0 bridgehead atoms. The lowest BCUT2D eigenvalue weighted by Gasteiger charge is -2.20. The molecule has 114 valence electrons. The Morgan fingerprint density at radius 1 is 1.24 bits per heavy atom. The third-order valence-electron chi connectivity index (χ3n) is 3.15. The number of rotatable bonds is 5. The van der Waals surface area contributed by atoms with Gasteiger partial charge in [0, 0.05) is 22.5 Å². The Morgan fingerprint density at radius 3 is 2.57 bits per heavy atom. The maximum absolute atomic E-state index is 13.9. The zero-order chi connectivity index (χ0) is 15.5. The molecule has 2 aromatic rings. The van der Waals surface area contributed by atoms with Gasteiger partial charge in [0.15, 0.2) is 0 Å². The van der Waals surface area contributed by atoms with E-state index < -0.39 is 0 Å². The molecule has 0 aliphatic rings. The molecule has 0 fully saturated rings. The first-order valence-corrected chi connectivity index (χ1v) is 8.21. The molecule has 0 saturated heterocycles. The fourth-order valence-electron chi connectivity index (χ4n) is 2.05. The van der Waals surface area contributed by atoms with E-state index in [0.29, 0.717) is 5.56 Å². The number of benzene rings is 1. The Bertz CT molecular complexity index is 599. The summed E-state index contributed by atoms with van der Waals surface area (Å²) in [6, 6.07) is 6.85. The van der Waals surface area contributed by atoms with Crippen molar-refractivity contribution in [2.24, 2.45) is 0 Å². The Hall–Kier alpha value is -1.26.